The van der Waals surface area contributed by atoms with Crippen LogP contribution in [0.15, 0.2) is 24.3 Å². The molecule has 0 aromatic heterocycles. The van der Waals surface area contributed by atoms with Gasteiger partial charge in [0.15, 0.2) is 0 Å². The Bertz CT molecular complexity index is 445. The van der Waals surface area contributed by atoms with Crippen LogP contribution >= 0.6 is 0 Å². The lowest BCUT2D eigenvalue weighted by Gasteiger charge is -2.46. The normalized spacial score (nSPS) is 21.7. The Morgan fingerprint density at radius 1 is 1.00 bits per heavy atom. The van der Waals surface area contributed by atoms with Crippen LogP contribution in [0.3, 0.4) is 0 Å². The van der Waals surface area contributed by atoms with Gasteiger partial charge in [-0.2, -0.15) is 0 Å². The molecule has 2 saturated heterocycles. The minimum atomic E-state index is 0.810. The Labute approximate surface area is 135 Å². The molecule has 0 amide bonds. The summed E-state index contributed by atoms with van der Waals surface area (Å²) in [5.74, 6) is 2.91. The summed E-state index contributed by atoms with van der Waals surface area (Å²) < 4.78 is 5.83. The smallest absolute Gasteiger partial charge is 0.119 e. The molecule has 0 bridgehead atoms. The second-order valence-electron chi connectivity index (χ2n) is 6.95. The Kier molecular flexibility index (Phi) is 5.37. The van der Waals surface area contributed by atoms with Crippen LogP contribution < -0.4 is 4.74 Å². The van der Waals surface area contributed by atoms with Crippen molar-refractivity contribution in [3.05, 3.63) is 29.8 Å². The molecule has 2 heterocycles. The number of aryl methyl sites for hydroxylation is 1. The summed E-state index contributed by atoms with van der Waals surface area (Å²) in [4.78, 5) is 5.13. The maximum atomic E-state index is 5.83. The first-order valence-electron chi connectivity index (χ1n) is 8.88. The molecule has 0 saturated carbocycles. The maximum absolute atomic E-state index is 5.83. The van der Waals surface area contributed by atoms with Gasteiger partial charge in [-0.1, -0.05) is 24.6 Å². The van der Waals surface area contributed by atoms with Gasteiger partial charge in [0, 0.05) is 19.6 Å². The van der Waals surface area contributed by atoms with Crippen molar-refractivity contribution in [3.8, 4) is 5.75 Å². The standard InChI is InChI=1S/C19H30N2O/c1-3-20-10-8-17(9-11-20)18-14-21(15-18)12-13-22-19-6-4-16(2)5-7-19/h4-7,17-18H,3,8-15H2,1-2H3. The van der Waals surface area contributed by atoms with E-state index < -0.39 is 0 Å². The zero-order valence-electron chi connectivity index (χ0n) is 14.1. The maximum Gasteiger partial charge on any atom is 0.119 e. The van der Waals surface area contributed by atoms with Gasteiger partial charge in [0.05, 0.1) is 0 Å². The van der Waals surface area contributed by atoms with Gasteiger partial charge in [0.25, 0.3) is 0 Å². The topological polar surface area (TPSA) is 15.7 Å². The number of likely N-dealkylation sites (tertiary alicyclic amines) is 2. The Balaban J connectivity index is 1.30. The van der Waals surface area contributed by atoms with E-state index >= 15 is 0 Å². The molecule has 2 fully saturated rings. The average Bonchev–Trinajstić information content (AvgIpc) is 2.51. The highest BCUT2D eigenvalue weighted by molar-refractivity contribution is 5.26. The van der Waals surface area contributed by atoms with Gasteiger partial charge < -0.3 is 9.64 Å². The third kappa shape index (κ3) is 4.02. The third-order valence-corrected chi connectivity index (χ3v) is 5.43. The van der Waals surface area contributed by atoms with Gasteiger partial charge in [-0.25, -0.2) is 0 Å². The number of hydrogen-bond donors (Lipinski definition) is 0. The Morgan fingerprint density at radius 3 is 2.32 bits per heavy atom. The van der Waals surface area contributed by atoms with Crippen molar-refractivity contribution in [1.29, 1.82) is 0 Å². The molecule has 3 nitrogen and oxygen atoms in total. The minimum absolute atomic E-state index is 0.810. The molecule has 0 N–H and O–H groups in total. The SMILES string of the molecule is CCN1CCC(C2CN(CCOc3ccc(C)cc3)C2)CC1. The van der Waals surface area contributed by atoms with Crippen molar-refractivity contribution >= 4 is 0 Å². The van der Waals surface area contributed by atoms with Gasteiger partial charge in [-0.15, -0.1) is 0 Å². The van der Waals surface area contributed by atoms with Crippen LogP contribution in [0.2, 0.25) is 0 Å². The van der Waals surface area contributed by atoms with Gasteiger partial charge >= 0.3 is 0 Å². The first-order valence-corrected chi connectivity index (χ1v) is 8.88. The van der Waals surface area contributed by atoms with Crippen LogP contribution in [0, 0.1) is 18.8 Å². The fourth-order valence-electron chi connectivity index (χ4n) is 3.76. The summed E-state index contributed by atoms with van der Waals surface area (Å²) in [7, 11) is 0. The molecule has 1 aromatic rings. The van der Waals surface area contributed by atoms with Crippen molar-refractivity contribution in [2.75, 3.05) is 45.9 Å². The number of benzene rings is 1. The summed E-state index contributed by atoms with van der Waals surface area (Å²) in [5.41, 5.74) is 1.28. The molecule has 122 valence electrons. The number of piperidine rings is 1. The van der Waals surface area contributed by atoms with Gasteiger partial charge in [-0.3, -0.25) is 4.90 Å². The fraction of sp³-hybridized carbons (Fsp3) is 0.684. The first kappa shape index (κ1) is 15.8. The second-order valence-corrected chi connectivity index (χ2v) is 6.95. The highest BCUT2D eigenvalue weighted by Gasteiger charge is 2.34. The monoisotopic (exact) mass is 302 g/mol. The zero-order chi connectivity index (χ0) is 15.4. The van der Waals surface area contributed by atoms with Gasteiger partial charge in [-0.05, 0) is 63.4 Å². The van der Waals surface area contributed by atoms with E-state index in [2.05, 4.69) is 47.9 Å². The molecule has 22 heavy (non-hydrogen) atoms. The van der Waals surface area contributed by atoms with Crippen molar-refractivity contribution in [2.24, 2.45) is 11.8 Å². The summed E-state index contributed by atoms with van der Waals surface area (Å²) in [6.45, 7) is 12.7. The van der Waals surface area contributed by atoms with Crippen molar-refractivity contribution < 1.29 is 4.74 Å². The first-order chi connectivity index (χ1) is 10.7. The van der Waals surface area contributed by atoms with Crippen molar-refractivity contribution in [3.63, 3.8) is 0 Å². The van der Waals surface area contributed by atoms with E-state index in [0.717, 1.165) is 30.7 Å². The number of ether oxygens (including phenoxy) is 1. The lowest BCUT2D eigenvalue weighted by Crippen LogP contribution is -2.52. The van der Waals surface area contributed by atoms with E-state index in [-0.39, 0.29) is 0 Å². The highest BCUT2D eigenvalue weighted by Crippen LogP contribution is 2.31. The zero-order valence-corrected chi connectivity index (χ0v) is 14.1. The van der Waals surface area contributed by atoms with Gasteiger partial charge in [0.2, 0.25) is 0 Å². The molecule has 0 radical (unpaired) electrons. The molecule has 0 unspecified atom stereocenters. The molecule has 0 atom stereocenters. The molecule has 1 aromatic carbocycles. The molecule has 3 rings (SSSR count). The van der Waals surface area contributed by atoms with Crippen LogP contribution in [0.25, 0.3) is 0 Å². The second kappa shape index (κ2) is 7.47. The van der Waals surface area contributed by atoms with E-state index in [1.54, 1.807) is 0 Å². The molecular formula is C19H30N2O. The summed E-state index contributed by atoms with van der Waals surface area (Å²) in [6, 6.07) is 8.35. The lowest BCUT2D eigenvalue weighted by atomic mass is 9.79. The number of nitrogens with zero attached hydrogens (tertiary/aromatic N) is 2. The van der Waals surface area contributed by atoms with Crippen LogP contribution in [-0.2, 0) is 0 Å². The predicted molar refractivity (Wildman–Crippen MR) is 91.4 cm³/mol. The molecule has 3 heteroatoms. The molecule has 2 aliphatic heterocycles. The lowest BCUT2D eigenvalue weighted by molar-refractivity contribution is 0.0215. The predicted octanol–water partition coefficient (Wildman–Crippen LogP) is 3.04. The van der Waals surface area contributed by atoms with E-state index in [4.69, 9.17) is 4.74 Å². The highest BCUT2D eigenvalue weighted by atomic mass is 16.5. The molecule has 2 aliphatic rings. The van der Waals surface area contributed by atoms with E-state index in [1.807, 2.05) is 0 Å². The average molecular weight is 302 g/mol. The summed E-state index contributed by atoms with van der Waals surface area (Å²) >= 11 is 0. The van der Waals surface area contributed by atoms with Crippen molar-refractivity contribution in [2.45, 2.75) is 26.7 Å². The van der Waals surface area contributed by atoms with Crippen LogP contribution in [0.5, 0.6) is 5.75 Å². The molecule has 0 spiro atoms. The molecule has 0 aliphatic carbocycles. The van der Waals surface area contributed by atoms with E-state index in [9.17, 15) is 0 Å². The molecular weight excluding hydrogens is 272 g/mol. The van der Waals surface area contributed by atoms with Crippen LogP contribution in [0.1, 0.15) is 25.3 Å². The Morgan fingerprint density at radius 2 is 1.68 bits per heavy atom. The summed E-state index contributed by atoms with van der Waals surface area (Å²) in [5, 5.41) is 0. The minimum Gasteiger partial charge on any atom is -0.492 e. The Hall–Kier alpha value is -1.06. The quantitative estimate of drug-likeness (QED) is 0.803. The largest absolute Gasteiger partial charge is 0.492 e. The van der Waals surface area contributed by atoms with Crippen molar-refractivity contribution in [1.82, 2.24) is 9.80 Å². The third-order valence-electron chi connectivity index (χ3n) is 5.43. The van der Waals surface area contributed by atoms with Gasteiger partial charge in [0.1, 0.15) is 12.4 Å². The van der Waals surface area contributed by atoms with E-state index in [0.29, 0.717) is 0 Å². The van der Waals surface area contributed by atoms with E-state index in [1.165, 1.54) is 51.1 Å². The van der Waals surface area contributed by atoms with Crippen LogP contribution in [-0.4, -0.2) is 55.7 Å². The number of rotatable bonds is 6. The van der Waals surface area contributed by atoms with Crippen LogP contribution in [0.4, 0.5) is 0 Å². The summed E-state index contributed by atoms with van der Waals surface area (Å²) in [6.07, 6.45) is 2.82. The fourth-order valence-corrected chi connectivity index (χ4v) is 3.76. The number of hydrogen-bond acceptors (Lipinski definition) is 3.